The van der Waals surface area contributed by atoms with Crippen molar-refractivity contribution in [2.24, 2.45) is 5.18 Å². The molecule has 11 heavy (non-hydrogen) atoms. The third-order valence-electron chi connectivity index (χ3n) is 1.24. The van der Waals surface area contributed by atoms with Gasteiger partial charge in [-0.2, -0.15) is 4.91 Å². The van der Waals surface area contributed by atoms with E-state index in [1.54, 1.807) is 12.1 Å². The molecule has 0 aliphatic rings. The van der Waals surface area contributed by atoms with Crippen LogP contribution in [0.3, 0.4) is 0 Å². The molecule has 1 rings (SSSR count). The summed E-state index contributed by atoms with van der Waals surface area (Å²) >= 11 is 9.02. The summed E-state index contributed by atoms with van der Waals surface area (Å²) in [6.45, 7) is 0.123. The van der Waals surface area contributed by atoms with Crippen LogP contribution in [0.15, 0.2) is 27.8 Å². The Bertz CT molecular complexity index is 277. The maximum absolute atomic E-state index is 9.91. The predicted molar refractivity (Wildman–Crippen MR) is 48.7 cm³/mol. The van der Waals surface area contributed by atoms with E-state index in [2.05, 4.69) is 21.1 Å². The van der Waals surface area contributed by atoms with Crippen molar-refractivity contribution in [1.29, 1.82) is 0 Å². The number of rotatable bonds is 2. The van der Waals surface area contributed by atoms with Gasteiger partial charge in [-0.25, -0.2) is 0 Å². The zero-order chi connectivity index (χ0) is 8.27. The Morgan fingerprint density at radius 2 is 2.27 bits per heavy atom. The number of nitroso groups, excluding NO2 is 1. The van der Waals surface area contributed by atoms with Crippen molar-refractivity contribution < 1.29 is 0 Å². The molecule has 4 heteroatoms. The summed E-state index contributed by atoms with van der Waals surface area (Å²) in [5.74, 6) is 0. The molecular weight excluding hydrogens is 229 g/mol. The molecule has 0 aliphatic heterocycles. The van der Waals surface area contributed by atoms with Gasteiger partial charge in [0.2, 0.25) is 0 Å². The van der Waals surface area contributed by atoms with Crippen LogP contribution in [0.2, 0.25) is 5.02 Å². The summed E-state index contributed by atoms with van der Waals surface area (Å²) in [5, 5.41) is 3.33. The van der Waals surface area contributed by atoms with Gasteiger partial charge in [-0.1, -0.05) is 32.7 Å². The molecule has 1 aromatic carbocycles. The molecule has 2 nitrogen and oxygen atoms in total. The van der Waals surface area contributed by atoms with Crippen molar-refractivity contribution in [2.45, 2.75) is 6.54 Å². The van der Waals surface area contributed by atoms with E-state index in [4.69, 9.17) is 11.6 Å². The second-order valence-electron chi connectivity index (χ2n) is 2.02. The third-order valence-corrected chi connectivity index (χ3v) is 2.10. The molecule has 0 N–H and O–H groups in total. The van der Waals surface area contributed by atoms with Gasteiger partial charge in [0.05, 0.1) is 0 Å². The summed E-state index contributed by atoms with van der Waals surface area (Å²) in [6.07, 6.45) is 0. The molecule has 0 spiro atoms. The maximum Gasteiger partial charge on any atom is 0.108 e. The smallest absolute Gasteiger partial charge is 0.108 e. The Morgan fingerprint density at radius 3 is 2.91 bits per heavy atom. The zero-order valence-electron chi connectivity index (χ0n) is 5.55. The Labute approximate surface area is 77.7 Å². The van der Waals surface area contributed by atoms with E-state index in [1.165, 1.54) is 0 Å². The largest absolute Gasteiger partial charge is 0.150 e. The Balaban J connectivity index is 3.01. The number of halogens is 2. The first kappa shape index (κ1) is 8.68. The molecule has 0 aliphatic carbocycles. The average molecular weight is 234 g/mol. The van der Waals surface area contributed by atoms with E-state index in [0.29, 0.717) is 5.02 Å². The topological polar surface area (TPSA) is 29.4 Å². The van der Waals surface area contributed by atoms with E-state index < -0.39 is 0 Å². The summed E-state index contributed by atoms with van der Waals surface area (Å²) in [4.78, 5) is 9.91. The highest BCUT2D eigenvalue weighted by Gasteiger charge is 1.99. The standard InChI is InChI=1S/C7H5BrClNO/c8-6-1-2-7(9)5(3-6)4-10-11/h1-3H,4H2. The third kappa shape index (κ3) is 2.27. The Morgan fingerprint density at radius 1 is 1.55 bits per heavy atom. The molecule has 58 valence electrons. The monoisotopic (exact) mass is 233 g/mol. The van der Waals surface area contributed by atoms with Crippen molar-refractivity contribution in [2.75, 3.05) is 0 Å². The maximum atomic E-state index is 9.91. The van der Waals surface area contributed by atoms with Gasteiger partial charge in [0.25, 0.3) is 0 Å². The molecule has 0 amide bonds. The normalized spacial score (nSPS) is 9.64. The highest BCUT2D eigenvalue weighted by Crippen LogP contribution is 2.21. The first-order chi connectivity index (χ1) is 5.24. The van der Waals surface area contributed by atoms with E-state index in [1.807, 2.05) is 6.07 Å². The highest BCUT2D eigenvalue weighted by atomic mass is 79.9. The quantitative estimate of drug-likeness (QED) is 0.722. The van der Waals surface area contributed by atoms with Gasteiger partial charge in [-0.05, 0) is 23.8 Å². The van der Waals surface area contributed by atoms with Crippen LogP contribution in [0.5, 0.6) is 0 Å². The van der Waals surface area contributed by atoms with Crippen molar-refractivity contribution in [1.82, 2.24) is 0 Å². The Kier molecular flexibility index (Phi) is 3.02. The minimum absolute atomic E-state index is 0.123. The summed E-state index contributed by atoms with van der Waals surface area (Å²) < 4.78 is 0.903. The second-order valence-corrected chi connectivity index (χ2v) is 3.35. The molecular formula is C7H5BrClNO. The molecule has 0 heterocycles. The number of hydrogen-bond acceptors (Lipinski definition) is 2. The van der Waals surface area contributed by atoms with E-state index >= 15 is 0 Å². The number of hydrogen-bond donors (Lipinski definition) is 0. The number of benzene rings is 1. The van der Waals surface area contributed by atoms with E-state index in [0.717, 1.165) is 10.0 Å². The summed E-state index contributed by atoms with van der Waals surface area (Å²) in [7, 11) is 0. The summed E-state index contributed by atoms with van der Waals surface area (Å²) in [5.41, 5.74) is 0.746. The van der Waals surface area contributed by atoms with Gasteiger partial charge >= 0.3 is 0 Å². The molecule has 0 aromatic heterocycles. The minimum atomic E-state index is 0.123. The predicted octanol–water partition coefficient (Wildman–Crippen LogP) is 3.37. The van der Waals surface area contributed by atoms with Gasteiger partial charge in [0, 0.05) is 9.50 Å². The first-order valence-corrected chi connectivity index (χ1v) is 4.14. The zero-order valence-corrected chi connectivity index (χ0v) is 7.89. The van der Waals surface area contributed by atoms with Gasteiger partial charge < -0.3 is 0 Å². The Hall–Kier alpha value is -0.410. The molecule has 0 saturated carbocycles. The molecule has 0 unspecified atom stereocenters. The molecule has 0 atom stereocenters. The van der Waals surface area contributed by atoms with Gasteiger partial charge in [-0.3, -0.25) is 0 Å². The van der Waals surface area contributed by atoms with Crippen LogP contribution < -0.4 is 0 Å². The van der Waals surface area contributed by atoms with Crippen molar-refractivity contribution in [3.63, 3.8) is 0 Å². The van der Waals surface area contributed by atoms with Crippen molar-refractivity contribution in [3.8, 4) is 0 Å². The lowest BCUT2D eigenvalue weighted by Gasteiger charge is -1.98. The van der Waals surface area contributed by atoms with Crippen LogP contribution in [-0.2, 0) is 6.54 Å². The lowest BCUT2D eigenvalue weighted by atomic mass is 10.2. The molecule has 0 saturated heterocycles. The van der Waals surface area contributed by atoms with Crippen molar-refractivity contribution in [3.05, 3.63) is 38.2 Å². The van der Waals surface area contributed by atoms with Gasteiger partial charge in [-0.15, -0.1) is 0 Å². The minimum Gasteiger partial charge on any atom is -0.150 e. The first-order valence-electron chi connectivity index (χ1n) is 2.97. The van der Waals surface area contributed by atoms with Crippen molar-refractivity contribution >= 4 is 27.5 Å². The highest BCUT2D eigenvalue weighted by molar-refractivity contribution is 9.10. The fraction of sp³-hybridized carbons (Fsp3) is 0.143. The SMILES string of the molecule is O=NCc1cc(Br)ccc1Cl. The molecule has 0 fully saturated rings. The molecule has 1 aromatic rings. The summed E-state index contributed by atoms with van der Waals surface area (Å²) in [6, 6.07) is 5.33. The van der Waals surface area contributed by atoms with Crippen LogP contribution >= 0.6 is 27.5 Å². The lowest BCUT2D eigenvalue weighted by molar-refractivity contribution is 1.05. The van der Waals surface area contributed by atoms with Crippen LogP contribution in [0.25, 0.3) is 0 Å². The van der Waals surface area contributed by atoms with Crippen LogP contribution in [-0.4, -0.2) is 0 Å². The fourth-order valence-corrected chi connectivity index (χ4v) is 1.32. The average Bonchev–Trinajstić information content (AvgIpc) is 1.98. The van der Waals surface area contributed by atoms with Crippen LogP contribution in [0, 0.1) is 4.91 Å². The second kappa shape index (κ2) is 3.83. The van der Waals surface area contributed by atoms with Crippen LogP contribution in [0.4, 0.5) is 0 Å². The van der Waals surface area contributed by atoms with Gasteiger partial charge in [0.1, 0.15) is 6.54 Å². The lowest BCUT2D eigenvalue weighted by Crippen LogP contribution is -1.81. The molecule has 0 bridgehead atoms. The number of nitrogens with zero attached hydrogens (tertiary/aromatic N) is 1. The van der Waals surface area contributed by atoms with E-state index in [-0.39, 0.29) is 6.54 Å². The molecule has 0 radical (unpaired) electrons. The van der Waals surface area contributed by atoms with E-state index in [9.17, 15) is 4.91 Å². The van der Waals surface area contributed by atoms with Gasteiger partial charge in [0.15, 0.2) is 0 Å². The van der Waals surface area contributed by atoms with Crippen LogP contribution in [0.1, 0.15) is 5.56 Å². The fourth-order valence-electron chi connectivity index (χ4n) is 0.734.